The van der Waals surface area contributed by atoms with E-state index in [0.717, 1.165) is 21.2 Å². The number of nitrogens with zero attached hydrogens (tertiary/aromatic N) is 3. The Kier molecular flexibility index (Phi) is 3.53. The summed E-state index contributed by atoms with van der Waals surface area (Å²) in [4.78, 5) is 11.2. The van der Waals surface area contributed by atoms with E-state index in [1.165, 1.54) is 0 Å². The van der Waals surface area contributed by atoms with Gasteiger partial charge in [-0.25, -0.2) is 13.8 Å². The van der Waals surface area contributed by atoms with Gasteiger partial charge in [-0.1, -0.05) is 24.9 Å². The van der Waals surface area contributed by atoms with Gasteiger partial charge in [0.2, 0.25) is 0 Å². The lowest BCUT2D eigenvalue weighted by Gasteiger charge is -2.13. The number of primary amides is 1. The Morgan fingerprint density at radius 2 is 2.05 bits per heavy atom. The quantitative estimate of drug-likeness (QED) is 0.828. The van der Waals surface area contributed by atoms with Crippen LogP contribution in [0.25, 0.3) is 5.69 Å². The molecule has 0 saturated carbocycles. The van der Waals surface area contributed by atoms with Crippen molar-refractivity contribution in [3.05, 3.63) is 41.2 Å². The van der Waals surface area contributed by atoms with Crippen LogP contribution in [0.5, 0.6) is 0 Å². The summed E-state index contributed by atoms with van der Waals surface area (Å²) >= 11 is 4.11. The molecule has 0 bridgehead atoms. The third-order valence-corrected chi connectivity index (χ3v) is 3.32. The van der Waals surface area contributed by atoms with E-state index in [-0.39, 0.29) is 0 Å². The van der Waals surface area contributed by atoms with Gasteiger partial charge in [0.25, 0.3) is 0 Å². The van der Waals surface area contributed by atoms with Crippen molar-refractivity contribution in [2.75, 3.05) is 4.31 Å². The number of carbonyl (C=O) groups is 1. The molecule has 2 rings (SSSR count). The summed E-state index contributed by atoms with van der Waals surface area (Å²) in [6.07, 6.45) is 0. The molecule has 5 nitrogen and oxygen atoms in total. The standard InChI is InChI=1S/C13H16N4OS/c1-8-5-4-6-11(7-8)16-10(3)12(9(2)15-16)17(19)13(14)18/h4-7,19H,1-3H3,(H2,14,18). The summed E-state index contributed by atoms with van der Waals surface area (Å²) in [5.74, 6) is 0. The maximum Gasteiger partial charge on any atom is 0.329 e. The molecule has 100 valence electrons. The lowest BCUT2D eigenvalue weighted by molar-refractivity contribution is 0.257. The topological polar surface area (TPSA) is 64.2 Å². The van der Waals surface area contributed by atoms with E-state index < -0.39 is 6.03 Å². The van der Waals surface area contributed by atoms with Gasteiger partial charge in [-0.15, -0.1) is 0 Å². The summed E-state index contributed by atoms with van der Waals surface area (Å²) in [5.41, 5.74) is 9.48. The van der Waals surface area contributed by atoms with Crippen LogP contribution in [0, 0.1) is 20.8 Å². The molecule has 2 aromatic rings. The molecule has 0 aliphatic heterocycles. The number of thiol groups is 1. The lowest BCUT2D eigenvalue weighted by atomic mass is 10.2. The average molecular weight is 276 g/mol. The molecule has 0 aliphatic rings. The third-order valence-electron chi connectivity index (χ3n) is 2.92. The number of anilines is 1. The molecule has 2 N–H and O–H groups in total. The number of aryl methyl sites for hydroxylation is 2. The largest absolute Gasteiger partial charge is 0.350 e. The van der Waals surface area contributed by atoms with Crippen LogP contribution in [0.3, 0.4) is 0 Å². The van der Waals surface area contributed by atoms with Crippen molar-refractivity contribution in [2.45, 2.75) is 20.8 Å². The van der Waals surface area contributed by atoms with Crippen LogP contribution in [-0.2, 0) is 0 Å². The fourth-order valence-corrected chi connectivity index (χ4v) is 2.35. The number of carbonyl (C=O) groups excluding carboxylic acids is 1. The van der Waals surface area contributed by atoms with Crippen molar-refractivity contribution in [2.24, 2.45) is 5.73 Å². The van der Waals surface area contributed by atoms with Crippen LogP contribution < -0.4 is 10.0 Å². The number of rotatable bonds is 2. The molecular formula is C13H16N4OS. The van der Waals surface area contributed by atoms with Crippen LogP contribution in [0.4, 0.5) is 10.5 Å². The highest BCUT2D eigenvalue weighted by Gasteiger charge is 2.19. The van der Waals surface area contributed by atoms with Gasteiger partial charge >= 0.3 is 6.03 Å². The lowest BCUT2D eigenvalue weighted by Crippen LogP contribution is -2.28. The molecule has 1 aromatic heterocycles. The van der Waals surface area contributed by atoms with Crippen molar-refractivity contribution in [3.63, 3.8) is 0 Å². The fourth-order valence-electron chi connectivity index (χ4n) is 2.06. The first-order valence-corrected chi connectivity index (χ1v) is 6.23. The number of nitrogens with two attached hydrogens (primary N) is 1. The SMILES string of the molecule is Cc1cccc(-n2nc(C)c(N(S)C(N)=O)c2C)c1. The minimum atomic E-state index is -0.627. The summed E-state index contributed by atoms with van der Waals surface area (Å²) in [6, 6.07) is 7.34. The van der Waals surface area contributed by atoms with Crippen molar-refractivity contribution >= 4 is 24.5 Å². The van der Waals surface area contributed by atoms with E-state index in [4.69, 9.17) is 5.73 Å². The molecule has 0 fully saturated rings. The number of amides is 2. The van der Waals surface area contributed by atoms with Crippen LogP contribution >= 0.6 is 12.8 Å². The van der Waals surface area contributed by atoms with Gasteiger partial charge in [0.05, 0.1) is 17.1 Å². The van der Waals surface area contributed by atoms with Crippen molar-refractivity contribution < 1.29 is 4.79 Å². The van der Waals surface area contributed by atoms with Gasteiger partial charge in [-0.05, 0) is 38.5 Å². The van der Waals surface area contributed by atoms with Gasteiger partial charge in [0.1, 0.15) is 5.69 Å². The van der Waals surface area contributed by atoms with Crippen LogP contribution in [0.2, 0.25) is 0 Å². The monoisotopic (exact) mass is 276 g/mol. The molecule has 0 radical (unpaired) electrons. The zero-order chi connectivity index (χ0) is 14.2. The molecule has 1 aromatic carbocycles. The molecule has 0 aliphatic carbocycles. The number of aromatic nitrogens is 2. The number of urea groups is 1. The highest BCUT2D eigenvalue weighted by atomic mass is 32.1. The Labute approximate surface area is 117 Å². The summed E-state index contributed by atoms with van der Waals surface area (Å²) in [5, 5.41) is 4.44. The molecule has 0 unspecified atom stereocenters. The molecular weight excluding hydrogens is 260 g/mol. The summed E-state index contributed by atoms with van der Waals surface area (Å²) in [7, 11) is 0. The highest BCUT2D eigenvalue weighted by Crippen LogP contribution is 2.27. The van der Waals surface area contributed by atoms with Gasteiger partial charge in [-0.3, -0.25) is 0 Å². The smallest absolute Gasteiger partial charge is 0.329 e. The molecule has 19 heavy (non-hydrogen) atoms. The molecule has 0 atom stereocenters. The molecule has 6 heteroatoms. The van der Waals surface area contributed by atoms with Crippen LogP contribution in [0.1, 0.15) is 17.0 Å². The van der Waals surface area contributed by atoms with Gasteiger partial charge in [0, 0.05) is 0 Å². The molecule has 0 spiro atoms. The van der Waals surface area contributed by atoms with Crippen molar-refractivity contribution in [1.82, 2.24) is 9.78 Å². The van der Waals surface area contributed by atoms with Gasteiger partial charge in [0.15, 0.2) is 0 Å². The Morgan fingerprint density at radius 1 is 1.37 bits per heavy atom. The maximum absolute atomic E-state index is 11.2. The number of hydrogen-bond donors (Lipinski definition) is 2. The second-order valence-electron chi connectivity index (χ2n) is 4.42. The second-order valence-corrected chi connectivity index (χ2v) is 4.82. The normalized spacial score (nSPS) is 10.5. The Balaban J connectivity index is 2.56. The highest BCUT2D eigenvalue weighted by molar-refractivity contribution is 7.82. The van der Waals surface area contributed by atoms with Crippen molar-refractivity contribution in [1.29, 1.82) is 0 Å². The van der Waals surface area contributed by atoms with Crippen LogP contribution in [-0.4, -0.2) is 15.8 Å². The third kappa shape index (κ3) is 2.44. The first kappa shape index (κ1) is 13.5. The number of hydrogen-bond acceptors (Lipinski definition) is 3. The summed E-state index contributed by atoms with van der Waals surface area (Å²) < 4.78 is 2.90. The van der Waals surface area contributed by atoms with Crippen molar-refractivity contribution in [3.8, 4) is 5.69 Å². The van der Waals surface area contributed by atoms with E-state index >= 15 is 0 Å². The fraction of sp³-hybridized carbons (Fsp3) is 0.231. The molecule has 0 saturated heterocycles. The van der Waals surface area contributed by atoms with Crippen LogP contribution in [0.15, 0.2) is 24.3 Å². The first-order chi connectivity index (χ1) is 8.91. The summed E-state index contributed by atoms with van der Waals surface area (Å²) in [6.45, 7) is 5.72. The zero-order valence-electron chi connectivity index (χ0n) is 11.1. The van der Waals surface area contributed by atoms with E-state index in [1.54, 1.807) is 4.68 Å². The first-order valence-electron chi connectivity index (χ1n) is 5.83. The predicted molar refractivity (Wildman–Crippen MR) is 78.8 cm³/mol. The minimum absolute atomic E-state index is 0.623. The van der Waals surface area contributed by atoms with E-state index in [9.17, 15) is 4.79 Å². The second kappa shape index (κ2) is 4.97. The van der Waals surface area contributed by atoms with Gasteiger partial charge in [-0.2, -0.15) is 5.10 Å². The van der Waals surface area contributed by atoms with E-state index in [0.29, 0.717) is 11.4 Å². The maximum atomic E-state index is 11.2. The Hall–Kier alpha value is -1.95. The molecule has 1 heterocycles. The zero-order valence-corrected chi connectivity index (χ0v) is 12.0. The van der Waals surface area contributed by atoms with E-state index in [2.05, 4.69) is 17.9 Å². The molecule has 2 amide bonds. The Bertz CT molecular complexity index is 636. The Morgan fingerprint density at radius 3 is 2.63 bits per heavy atom. The van der Waals surface area contributed by atoms with E-state index in [1.807, 2.05) is 45.0 Å². The number of benzene rings is 1. The predicted octanol–water partition coefficient (Wildman–Crippen LogP) is 2.53. The minimum Gasteiger partial charge on any atom is -0.350 e. The van der Waals surface area contributed by atoms with Gasteiger partial charge < -0.3 is 5.73 Å². The average Bonchev–Trinajstić information content (AvgIpc) is 2.64.